The van der Waals surface area contributed by atoms with Gasteiger partial charge in [-0.3, -0.25) is 4.57 Å². The average molecular weight is 806 g/mol. The third-order valence-corrected chi connectivity index (χ3v) is 13.1. The molecule has 1 aliphatic heterocycles. The minimum Gasteiger partial charge on any atom is -0.332 e. The van der Waals surface area contributed by atoms with Crippen molar-refractivity contribution >= 4 is 55.0 Å². The first-order valence-corrected chi connectivity index (χ1v) is 21.7. The summed E-state index contributed by atoms with van der Waals surface area (Å²) < 4.78 is 4.75. The minimum absolute atomic E-state index is 0.118. The fourth-order valence-corrected chi connectivity index (χ4v) is 10.2. The smallest absolute Gasteiger partial charge is 0.235 e. The fraction of sp³-hybridized carbons (Fsp3) is 0.0345. The van der Waals surface area contributed by atoms with Gasteiger partial charge in [-0.25, -0.2) is 9.97 Å². The molecule has 1 aliphatic carbocycles. The van der Waals surface area contributed by atoms with Crippen LogP contribution in [0.3, 0.4) is 0 Å². The molecule has 2 aliphatic rings. The molecule has 0 spiro atoms. The number of hydrogen-bond acceptors (Lipinski definition) is 3. The number of para-hydroxylation sites is 3. The van der Waals surface area contributed by atoms with E-state index in [-0.39, 0.29) is 12.0 Å². The molecule has 4 heterocycles. The van der Waals surface area contributed by atoms with Crippen LogP contribution < -0.4 is 4.90 Å². The Hall–Kier alpha value is -8.28. The van der Waals surface area contributed by atoms with E-state index in [1.807, 2.05) is 0 Å². The molecule has 13 rings (SSSR count). The number of benzene rings is 8. The van der Waals surface area contributed by atoms with Crippen LogP contribution in [0.1, 0.15) is 11.5 Å². The molecule has 2 atom stereocenters. The van der Waals surface area contributed by atoms with Crippen molar-refractivity contribution in [2.24, 2.45) is 0 Å². The molecule has 5 nitrogen and oxygen atoms in total. The van der Waals surface area contributed by atoms with Crippen LogP contribution in [0.2, 0.25) is 0 Å². The molecule has 8 aromatic carbocycles. The van der Waals surface area contributed by atoms with Crippen molar-refractivity contribution in [3.63, 3.8) is 0 Å². The van der Waals surface area contributed by atoms with Crippen LogP contribution in [0.25, 0.3) is 88.9 Å². The van der Waals surface area contributed by atoms with Gasteiger partial charge in [0.25, 0.3) is 0 Å². The predicted molar refractivity (Wildman–Crippen MR) is 260 cm³/mol. The molecule has 0 amide bonds. The molecule has 63 heavy (non-hydrogen) atoms. The molecule has 0 saturated carbocycles. The van der Waals surface area contributed by atoms with E-state index in [1.54, 1.807) is 0 Å². The highest BCUT2D eigenvalue weighted by molar-refractivity contribution is 6.16. The van der Waals surface area contributed by atoms with Crippen molar-refractivity contribution in [3.05, 3.63) is 230 Å². The van der Waals surface area contributed by atoms with Gasteiger partial charge in [-0.2, -0.15) is 0 Å². The van der Waals surface area contributed by atoms with Crippen LogP contribution in [0, 0.1) is 0 Å². The van der Waals surface area contributed by atoms with Gasteiger partial charge in [-0.1, -0.05) is 176 Å². The van der Waals surface area contributed by atoms with Gasteiger partial charge >= 0.3 is 0 Å². The zero-order valence-corrected chi connectivity index (χ0v) is 34.3. The summed E-state index contributed by atoms with van der Waals surface area (Å²) in [6.07, 6.45) is 9.09. The Labute approximate surface area is 364 Å². The van der Waals surface area contributed by atoms with Crippen molar-refractivity contribution in [1.29, 1.82) is 0 Å². The second-order valence-electron chi connectivity index (χ2n) is 16.5. The van der Waals surface area contributed by atoms with Gasteiger partial charge < -0.3 is 9.47 Å². The average Bonchev–Trinajstić information content (AvgIpc) is 4.00. The van der Waals surface area contributed by atoms with E-state index >= 15 is 0 Å². The summed E-state index contributed by atoms with van der Waals surface area (Å²) in [6.45, 7) is 0. The SMILES string of the molecule is C1=CC2c3ccc4c5cc(-n6c7ccccc7c7ccccc76)ccc5n(-c5nc(-c6ccccc6)cc(-c6ccc(-c7ccccc7)cc6)n5)c4c3N(c3ccccc3)C2C=C1. The van der Waals surface area contributed by atoms with Crippen LogP contribution in [0.4, 0.5) is 11.4 Å². The van der Waals surface area contributed by atoms with Gasteiger partial charge in [-0.15, -0.1) is 0 Å². The number of rotatable bonds is 6. The second-order valence-corrected chi connectivity index (χ2v) is 16.5. The van der Waals surface area contributed by atoms with E-state index < -0.39 is 0 Å². The van der Waals surface area contributed by atoms with E-state index in [1.165, 1.54) is 44.2 Å². The number of nitrogens with zero attached hydrogens (tertiary/aromatic N) is 5. The van der Waals surface area contributed by atoms with Gasteiger partial charge in [0, 0.05) is 50.0 Å². The lowest BCUT2D eigenvalue weighted by molar-refractivity contribution is 0.745. The second kappa shape index (κ2) is 14.2. The Morgan fingerprint density at radius 2 is 0.937 bits per heavy atom. The summed E-state index contributed by atoms with van der Waals surface area (Å²) >= 11 is 0. The van der Waals surface area contributed by atoms with E-state index in [0.717, 1.165) is 55.7 Å². The van der Waals surface area contributed by atoms with Crippen LogP contribution in [-0.4, -0.2) is 25.1 Å². The summed E-state index contributed by atoms with van der Waals surface area (Å²) in [7, 11) is 0. The maximum absolute atomic E-state index is 5.54. The monoisotopic (exact) mass is 805 g/mol. The Morgan fingerprint density at radius 3 is 1.63 bits per heavy atom. The molecule has 296 valence electrons. The third-order valence-electron chi connectivity index (χ3n) is 13.1. The molecule has 11 aromatic rings. The molecule has 0 bridgehead atoms. The minimum atomic E-state index is 0.118. The summed E-state index contributed by atoms with van der Waals surface area (Å²) in [5.74, 6) is 0.815. The van der Waals surface area contributed by atoms with Gasteiger partial charge in [0.15, 0.2) is 0 Å². The topological polar surface area (TPSA) is 38.9 Å². The van der Waals surface area contributed by atoms with E-state index in [0.29, 0.717) is 5.95 Å². The lowest BCUT2D eigenvalue weighted by Gasteiger charge is -2.29. The number of aromatic nitrogens is 4. The van der Waals surface area contributed by atoms with Gasteiger partial charge in [0.05, 0.1) is 45.2 Å². The summed E-state index contributed by atoms with van der Waals surface area (Å²) in [5.41, 5.74) is 15.4. The van der Waals surface area contributed by atoms with Crippen LogP contribution in [0.5, 0.6) is 0 Å². The molecule has 0 saturated heterocycles. The number of fused-ring (bicyclic) bond motifs is 10. The highest BCUT2D eigenvalue weighted by atomic mass is 15.2. The summed E-state index contributed by atoms with van der Waals surface area (Å²) in [5, 5.41) is 4.78. The third kappa shape index (κ3) is 5.56. The van der Waals surface area contributed by atoms with Gasteiger partial charge in [0.1, 0.15) is 0 Å². The molecule has 0 radical (unpaired) electrons. The Kier molecular flexibility index (Phi) is 7.97. The normalized spacial score (nSPS) is 15.5. The Morgan fingerprint density at radius 1 is 0.381 bits per heavy atom. The molecular weight excluding hydrogens is 767 g/mol. The van der Waals surface area contributed by atoms with Crippen molar-refractivity contribution < 1.29 is 0 Å². The molecule has 5 heteroatoms. The van der Waals surface area contributed by atoms with E-state index in [2.05, 4.69) is 239 Å². The quantitative estimate of drug-likeness (QED) is 0.168. The number of hydrogen-bond donors (Lipinski definition) is 0. The van der Waals surface area contributed by atoms with Crippen molar-refractivity contribution in [1.82, 2.24) is 19.1 Å². The molecular formula is C58H39N5. The standard InChI is InChI=1S/C58H39N5/c1-4-16-38(17-5-1)39-28-30-41(31-29-39)51-37-50(40-18-6-2-7-19-40)59-58(60-51)63-55-35-32-43(61-52-25-13-10-22-44(52)45-23-11-14-26-53(45)61)36-49(55)48-34-33-47-46-24-12-15-27-54(46)62(56(47)57(48)63)42-20-8-3-9-21-42/h1-37,46,54H. The maximum Gasteiger partial charge on any atom is 0.235 e. The number of anilines is 2. The van der Waals surface area contributed by atoms with Crippen LogP contribution >= 0.6 is 0 Å². The van der Waals surface area contributed by atoms with Crippen LogP contribution in [-0.2, 0) is 0 Å². The largest absolute Gasteiger partial charge is 0.332 e. The lowest BCUT2D eigenvalue weighted by Crippen LogP contribution is -2.28. The first kappa shape index (κ1) is 35.5. The van der Waals surface area contributed by atoms with E-state index in [4.69, 9.17) is 9.97 Å². The highest BCUT2D eigenvalue weighted by Crippen LogP contribution is 2.53. The first-order chi connectivity index (χ1) is 31.3. The Bertz CT molecular complexity index is 3570. The van der Waals surface area contributed by atoms with Crippen molar-refractivity contribution in [2.75, 3.05) is 4.90 Å². The summed E-state index contributed by atoms with van der Waals surface area (Å²) in [4.78, 5) is 13.6. The fourth-order valence-electron chi connectivity index (χ4n) is 10.2. The first-order valence-electron chi connectivity index (χ1n) is 21.7. The van der Waals surface area contributed by atoms with Crippen molar-refractivity contribution in [2.45, 2.75) is 12.0 Å². The highest BCUT2D eigenvalue weighted by Gasteiger charge is 2.40. The molecule has 0 N–H and O–H groups in total. The lowest BCUT2D eigenvalue weighted by atomic mass is 9.91. The summed E-state index contributed by atoms with van der Waals surface area (Å²) in [6, 6.07) is 71.9. The Balaban J connectivity index is 1.12. The predicted octanol–water partition coefficient (Wildman–Crippen LogP) is 14.4. The molecule has 3 aromatic heterocycles. The van der Waals surface area contributed by atoms with Gasteiger partial charge in [0.2, 0.25) is 5.95 Å². The molecule has 2 unspecified atom stereocenters. The van der Waals surface area contributed by atoms with Gasteiger partial charge in [-0.05, 0) is 65.2 Å². The zero-order valence-electron chi connectivity index (χ0n) is 34.3. The van der Waals surface area contributed by atoms with Crippen molar-refractivity contribution in [3.8, 4) is 45.3 Å². The van der Waals surface area contributed by atoms with E-state index in [9.17, 15) is 0 Å². The number of allylic oxidation sites excluding steroid dienone is 2. The zero-order chi connectivity index (χ0) is 41.4. The molecule has 0 fully saturated rings. The van der Waals surface area contributed by atoms with Crippen LogP contribution in [0.15, 0.2) is 224 Å². The maximum atomic E-state index is 5.54.